The fourth-order valence-electron chi connectivity index (χ4n) is 2.82. The van der Waals surface area contributed by atoms with Crippen molar-refractivity contribution in [2.24, 2.45) is 0 Å². The molecule has 104 valence electrons. The fraction of sp³-hybridized carbons (Fsp3) is 0.357. The van der Waals surface area contributed by atoms with Crippen molar-refractivity contribution < 1.29 is 19.5 Å². The third-order valence-electron chi connectivity index (χ3n) is 3.79. The molecule has 0 aromatic heterocycles. The quantitative estimate of drug-likeness (QED) is 0.812. The number of hydrogen-bond donors (Lipinski definition) is 2. The van der Waals surface area contributed by atoms with Crippen LogP contribution in [0.3, 0.4) is 0 Å². The van der Waals surface area contributed by atoms with E-state index in [1.807, 2.05) is 12.1 Å². The molecule has 0 spiro atoms. The minimum Gasteiger partial charge on any atom is -0.480 e. The number of amides is 2. The maximum Gasteiger partial charge on any atom is 0.327 e. The van der Waals surface area contributed by atoms with Gasteiger partial charge in [-0.25, -0.2) is 4.79 Å². The number of rotatable bonds is 2. The van der Waals surface area contributed by atoms with Crippen LogP contribution in [0.4, 0.5) is 5.69 Å². The normalized spacial score (nSPS) is 24.4. The van der Waals surface area contributed by atoms with E-state index < -0.39 is 18.1 Å². The van der Waals surface area contributed by atoms with Crippen molar-refractivity contribution in [3.8, 4) is 0 Å². The van der Waals surface area contributed by atoms with Crippen LogP contribution in [0.2, 0.25) is 0 Å². The Morgan fingerprint density at radius 2 is 2.05 bits per heavy atom. The average Bonchev–Trinajstić information content (AvgIpc) is 3.01. The molecular formula is C14H14N2O4. The molecule has 0 aliphatic carbocycles. The number of hydrogen-bond acceptors (Lipinski definition) is 3. The summed E-state index contributed by atoms with van der Waals surface area (Å²) < 4.78 is 0. The summed E-state index contributed by atoms with van der Waals surface area (Å²) >= 11 is 0. The number of benzene rings is 1. The first-order chi connectivity index (χ1) is 9.58. The summed E-state index contributed by atoms with van der Waals surface area (Å²) in [6.45, 7) is 0. The Balaban J connectivity index is 1.94. The molecule has 3 rings (SSSR count). The Bertz CT molecular complexity index is 599. The second kappa shape index (κ2) is 4.63. The van der Waals surface area contributed by atoms with E-state index in [0.717, 1.165) is 5.56 Å². The molecule has 1 aromatic rings. The van der Waals surface area contributed by atoms with E-state index in [1.54, 1.807) is 12.1 Å². The number of para-hydroxylation sites is 1. The molecule has 1 aromatic carbocycles. The van der Waals surface area contributed by atoms with Gasteiger partial charge < -0.3 is 10.4 Å². The van der Waals surface area contributed by atoms with Gasteiger partial charge in [-0.3, -0.25) is 14.5 Å². The van der Waals surface area contributed by atoms with E-state index in [9.17, 15) is 19.5 Å². The second-order valence-corrected chi connectivity index (χ2v) is 5.05. The SMILES string of the molecule is O=C1CC[C@@H](C(=O)N2c3ccccc3CC2C(=O)O)N1. The largest absolute Gasteiger partial charge is 0.480 e. The van der Waals surface area contributed by atoms with E-state index in [2.05, 4.69) is 5.32 Å². The lowest BCUT2D eigenvalue weighted by atomic mass is 10.1. The van der Waals surface area contributed by atoms with Crippen LogP contribution < -0.4 is 10.2 Å². The van der Waals surface area contributed by atoms with Gasteiger partial charge in [-0.2, -0.15) is 0 Å². The Morgan fingerprint density at radius 3 is 2.70 bits per heavy atom. The number of carboxylic acid groups (broad SMARTS) is 1. The van der Waals surface area contributed by atoms with Crippen LogP contribution >= 0.6 is 0 Å². The van der Waals surface area contributed by atoms with E-state index in [1.165, 1.54) is 4.90 Å². The van der Waals surface area contributed by atoms with E-state index in [0.29, 0.717) is 24.9 Å². The Labute approximate surface area is 115 Å². The minimum absolute atomic E-state index is 0.164. The Hall–Kier alpha value is -2.37. The minimum atomic E-state index is -1.03. The molecule has 1 saturated heterocycles. The van der Waals surface area contributed by atoms with Gasteiger partial charge in [0.2, 0.25) is 11.8 Å². The molecular weight excluding hydrogens is 260 g/mol. The molecule has 1 unspecified atom stereocenters. The first-order valence-electron chi connectivity index (χ1n) is 6.51. The highest BCUT2D eigenvalue weighted by molar-refractivity contribution is 6.06. The molecule has 2 heterocycles. The van der Waals surface area contributed by atoms with Gasteiger partial charge in [0.05, 0.1) is 0 Å². The Morgan fingerprint density at radius 1 is 1.30 bits per heavy atom. The predicted molar refractivity (Wildman–Crippen MR) is 70.2 cm³/mol. The molecule has 2 aliphatic heterocycles. The molecule has 6 nitrogen and oxygen atoms in total. The van der Waals surface area contributed by atoms with Crippen molar-refractivity contribution in [1.29, 1.82) is 0 Å². The second-order valence-electron chi connectivity index (χ2n) is 5.05. The van der Waals surface area contributed by atoms with Crippen LogP contribution in [-0.4, -0.2) is 35.0 Å². The summed E-state index contributed by atoms with van der Waals surface area (Å²) in [5.74, 6) is -1.53. The molecule has 0 bridgehead atoms. The molecule has 2 N–H and O–H groups in total. The Kier molecular flexibility index (Phi) is 2.93. The van der Waals surface area contributed by atoms with Gasteiger partial charge in [0.25, 0.3) is 0 Å². The van der Waals surface area contributed by atoms with Gasteiger partial charge in [-0.15, -0.1) is 0 Å². The molecule has 0 saturated carbocycles. The number of aliphatic carboxylic acids is 1. The zero-order chi connectivity index (χ0) is 14.3. The fourth-order valence-corrected chi connectivity index (χ4v) is 2.82. The molecule has 6 heteroatoms. The highest BCUT2D eigenvalue weighted by atomic mass is 16.4. The lowest BCUT2D eigenvalue weighted by molar-refractivity contribution is -0.140. The van der Waals surface area contributed by atoms with Gasteiger partial charge in [-0.1, -0.05) is 18.2 Å². The molecule has 1 fully saturated rings. The lowest BCUT2D eigenvalue weighted by Gasteiger charge is -2.25. The topological polar surface area (TPSA) is 86.7 Å². The van der Waals surface area contributed by atoms with E-state index in [-0.39, 0.29) is 11.8 Å². The molecule has 0 radical (unpaired) electrons. The van der Waals surface area contributed by atoms with Crippen molar-refractivity contribution in [3.63, 3.8) is 0 Å². The average molecular weight is 274 g/mol. The van der Waals surface area contributed by atoms with Crippen LogP contribution in [0.5, 0.6) is 0 Å². The summed E-state index contributed by atoms with van der Waals surface area (Å²) in [6.07, 6.45) is 1.03. The van der Waals surface area contributed by atoms with Crippen LogP contribution in [0.15, 0.2) is 24.3 Å². The summed E-state index contributed by atoms with van der Waals surface area (Å²) in [5.41, 5.74) is 1.48. The van der Waals surface area contributed by atoms with Gasteiger partial charge in [0.1, 0.15) is 12.1 Å². The zero-order valence-electron chi connectivity index (χ0n) is 10.7. The maximum absolute atomic E-state index is 12.5. The summed E-state index contributed by atoms with van der Waals surface area (Å²) in [5, 5.41) is 11.9. The van der Waals surface area contributed by atoms with Gasteiger partial charge >= 0.3 is 5.97 Å². The summed E-state index contributed by atoms with van der Waals surface area (Å²) in [7, 11) is 0. The van der Waals surface area contributed by atoms with Crippen molar-refractivity contribution in [2.45, 2.75) is 31.3 Å². The van der Waals surface area contributed by atoms with Crippen LogP contribution in [0.1, 0.15) is 18.4 Å². The number of nitrogens with zero attached hydrogens (tertiary/aromatic N) is 1. The van der Waals surface area contributed by atoms with Crippen molar-refractivity contribution >= 4 is 23.5 Å². The number of carboxylic acids is 1. The van der Waals surface area contributed by atoms with Crippen molar-refractivity contribution in [3.05, 3.63) is 29.8 Å². The summed E-state index contributed by atoms with van der Waals surface area (Å²) in [6, 6.07) is 5.66. The third-order valence-corrected chi connectivity index (χ3v) is 3.79. The zero-order valence-corrected chi connectivity index (χ0v) is 10.7. The third kappa shape index (κ3) is 1.93. The molecule has 20 heavy (non-hydrogen) atoms. The van der Waals surface area contributed by atoms with E-state index in [4.69, 9.17) is 0 Å². The predicted octanol–water partition coefficient (Wildman–Crippen LogP) is 0.308. The highest BCUT2D eigenvalue weighted by Gasteiger charge is 2.42. The number of carbonyl (C=O) groups is 3. The molecule has 2 amide bonds. The standard InChI is InChI=1S/C14H14N2O4/c17-12-6-5-9(15-12)13(18)16-10-4-2-1-3-8(10)7-11(16)14(19)20/h1-4,9,11H,5-7H2,(H,15,17)(H,19,20)/t9-,11?/m0/s1. The number of fused-ring (bicyclic) bond motifs is 1. The monoisotopic (exact) mass is 274 g/mol. The first kappa shape index (κ1) is 12.7. The van der Waals surface area contributed by atoms with Gasteiger partial charge in [0, 0.05) is 18.5 Å². The summed E-state index contributed by atoms with van der Waals surface area (Å²) in [4.78, 5) is 36.5. The van der Waals surface area contributed by atoms with Crippen LogP contribution in [0, 0.1) is 0 Å². The number of anilines is 1. The van der Waals surface area contributed by atoms with Gasteiger partial charge in [0.15, 0.2) is 0 Å². The lowest BCUT2D eigenvalue weighted by Crippen LogP contribution is -2.50. The van der Waals surface area contributed by atoms with Crippen molar-refractivity contribution in [1.82, 2.24) is 5.32 Å². The molecule has 2 atom stereocenters. The van der Waals surface area contributed by atoms with Crippen molar-refractivity contribution in [2.75, 3.05) is 4.90 Å². The van der Waals surface area contributed by atoms with Gasteiger partial charge in [-0.05, 0) is 18.1 Å². The maximum atomic E-state index is 12.5. The smallest absolute Gasteiger partial charge is 0.327 e. The van der Waals surface area contributed by atoms with E-state index >= 15 is 0 Å². The molecule has 2 aliphatic rings. The van der Waals surface area contributed by atoms with Crippen LogP contribution in [0.25, 0.3) is 0 Å². The number of carbonyl (C=O) groups excluding carboxylic acids is 2. The first-order valence-corrected chi connectivity index (χ1v) is 6.51. The highest BCUT2D eigenvalue weighted by Crippen LogP contribution is 2.33. The van der Waals surface area contributed by atoms with Crippen LogP contribution in [-0.2, 0) is 20.8 Å². The number of nitrogens with one attached hydrogen (secondary N) is 1.